The number of nitrogens with one attached hydrogen (secondary N) is 1. The maximum Gasteiger partial charge on any atom is 0.244 e. The van der Waals surface area contributed by atoms with Gasteiger partial charge in [0.2, 0.25) is 21.8 Å². The Hall–Kier alpha value is -1.56. The van der Waals surface area contributed by atoms with Crippen molar-refractivity contribution < 1.29 is 18.0 Å². The molecule has 2 rings (SSSR count). The molecule has 34 heavy (non-hydrogen) atoms. The van der Waals surface area contributed by atoms with E-state index in [0.29, 0.717) is 27.7 Å². The van der Waals surface area contributed by atoms with Crippen molar-refractivity contribution in [1.82, 2.24) is 10.2 Å². The summed E-state index contributed by atoms with van der Waals surface area (Å²) in [6.45, 7) is 4.90. The van der Waals surface area contributed by atoms with Gasteiger partial charge in [-0.2, -0.15) is 0 Å². The second kappa shape index (κ2) is 12.4. The van der Waals surface area contributed by atoms with Gasteiger partial charge in [-0.1, -0.05) is 36.2 Å². The summed E-state index contributed by atoms with van der Waals surface area (Å²) in [7, 11) is -3.79. The summed E-state index contributed by atoms with van der Waals surface area (Å²) < 4.78 is 27.1. The Morgan fingerprint density at radius 3 is 2.09 bits per heavy atom. The molecule has 2 aromatic rings. The molecule has 0 aliphatic carbocycles. The first kappa shape index (κ1) is 28.7. The van der Waals surface area contributed by atoms with Crippen molar-refractivity contribution in [3.05, 3.63) is 61.6 Å². The summed E-state index contributed by atoms with van der Waals surface area (Å²) in [5, 5.41) is 3.53. The van der Waals surface area contributed by atoms with E-state index in [-0.39, 0.29) is 18.5 Å². The summed E-state index contributed by atoms with van der Waals surface area (Å²) in [6.07, 6.45) is 1.35. The van der Waals surface area contributed by atoms with E-state index in [9.17, 15) is 18.0 Å². The number of anilines is 1. The Morgan fingerprint density at radius 2 is 1.62 bits per heavy atom. The van der Waals surface area contributed by atoms with Crippen LogP contribution in [0, 0.1) is 3.57 Å². The molecule has 0 unspecified atom stereocenters. The molecule has 0 aliphatic heterocycles. The number of sulfonamides is 1. The molecule has 0 aromatic heterocycles. The minimum Gasteiger partial charge on any atom is -0.352 e. The predicted octanol–water partition coefficient (Wildman–Crippen LogP) is 4.70. The molecule has 0 fully saturated rings. The molecule has 186 valence electrons. The van der Waals surface area contributed by atoms with Crippen molar-refractivity contribution in [2.45, 2.75) is 45.8 Å². The number of rotatable bonds is 10. The molecule has 0 bridgehead atoms. The number of nitrogens with zero attached hydrogens (tertiary/aromatic N) is 2. The minimum absolute atomic E-state index is 0.0499. The third-order valence-electron chi connectivity index (χ3n) is 5.00. The highest BCUT2D eigenvalue weighted by atomic mass is 127. The molecule has 0 heterocycles. The zero-order valence-corrected chi connectivity index (χ0v) is 23.9. The fourth-order valence-electron chi connectivity index (χ4n) is 3.37. The lowest BCUT2D eigenvalue weighted by Crippen LogP contribution is -2.53. The van der Waals surface area contributed by atoms with Crippen LogP contribution in [-0.4, -0.2) is 50.0 Å². The molecule has 0 saturated heterocycles. The van der Waals surface area contributed by atoms with E-state index in [0.717, 1.165) is 14.1 Å². The van der Waals surface area contributed by atoms with E-state index in [1.807, 2.05) is 13.8 Å². The average Bonchev–Trinajstić information content (AvgIpc) is 2.73. The van der Waals surface area contributed by atoms with Gasteiger partial charge in [-0.05, 0) is 79.3 Å². The van der Waals surface area contributed by atoms with Crippen molar-refractivity contribution in [2.75, 3.05) is 17.1 Å². The van der Waals surface area contributed by atoms with E-state index >= 15 is 0 Å². The van der Waals surface area contributed by atoms with Gasteiger partial charge in [0.25, 0.3) is 0 Å². The number of hydrogen-bond donors (Lipinski definition) is 1. The molecule has 0 aliphatic rings. The number of halogens is 3. The number of carbonyl (C=O) groups is 2. The molecule has 7 nitrogen and oxygen atoms in total. The summed E-state index contributed by atoms with van der Waals surface area (Å²) >= 11 is 14.8. The highest BCUT2D eigenvalue weighted by Gasteiger charge is 2.32. The van der Waals surface area contributed by atoms with Crippen LogP contribution in [0.15, 0.2) is 42.5 Å². The zero-order valence-electron chi connectivity index (χ0n) is 19.4. The number of benzene rings is 2. The number of carbonyl (C=O) groups excluding carboxylic acids is 2. The van der Waals surface area contributed by atoms with Crippen molar-refractivity contribution in [2.24, 2.45) is 0 Å². The number of hydrogen-bond acceptors (Lipinski definition) is 4. The lowest BCUT2D eigenvalue weighted by atomic mass is 10.1. The Labute approximate surface area is 225 Å². The van der Waals surface area contributed by atoms with Crippen LogP contribution in [0.4, 0.5) is 5.69 Å². The maximum absolute atomic E-state index is 13.6. The molecular weight excluding hydrogens is 612 g/mol. The summed E-state index contributed by atoms with van der Waals surface area (Å²) in [5.74, 6) is -0.889. The van der Waals surface area contributed by atoms with E-state index in [2.05, 4.69) is 27.9 Å². The first-order valence-corrected chi connectivity index (χ1v) is 14.3. The fourth-order valence-corrected chi connectivity index (χ4v) is 5.10. The molecule has 1 atom stereocenters. The second-order valence-electron chi connectivity index (χ2n) is 8.06. The van der Waals surface area contributed by atoms with Crippen LogP contribution in [-0.2, 0) is 26.2 Å². The van der Waals surface area contributed by atoms with Crippen LogP contribution >= 0.6 is 45.8 Å². The molecular formula is C23H28Cl2IN3O4S. The quantitative estimate of drug-likeness (QED) is 0.382. The maximum atomic E-state index is 13.6. The highest BCUT2D eigenvalue weighted by Crippen LogP contribution is 2.28. The van der Waals surface area contributed by atoms with E-state index in [1.165, 1.54) is 4.90 Å². The summed E-state index contributed by atoms with van der Waals surface area (Å²) in [5.41, 5.74) is 0.835. The van der Waals surface area contributed by atoms with Crippen LogP contribution in [0.3, 0.4) is 0 Å². The van der Waals surface area contributed by atoms with Gasteiger partial charge in [-0.3, -0.25) is 13.9 Å². The van der Waals surface area contributed by atoms with Crippen molar-refractivity contribution in [3.63, 3.8) is 0 Å². The largest absolute Gasteiger partial charge is 0.352 e. The molecule has 0 spiro atoms. The second-order valence-corrected chi connectivity index (χ2v) is 12.0. The van der Waals surface area contributed by atoms with Gasteiger partial charge in [0, 0.05) is 31.8 Å². The standard InChI is InChI=1S/C23H28Cl2IN3O4S/c1-5-21(23(31)27-15(2)3)28(13-18-19(24)7-6-8-20(18)25)22(30)14-29(34(4,32)33)17-11-9-16(26)10-12-17/h6-12,15,21H,5,13-14H2,1-4H3,(H,27,31)/t21-/m1/s1. The zero-order chi connectivity index (χ0) is 25.6. The first-order valence-electron chi connectivity index (χ1n) is 10.6. The van der Waals surface area contributed by atoms with Crippen LogP contribution in [0.5, 0.6) is 0 Å². The van der Waals surface area contributed by atoms with Gasteiger partial charge in [0.05, 0.1) is 11.9 Å². The third-order valence-corrected chi connectivity index (χ3v) is 7.57. The average molecular weight is 640 g/mol. The molecule has 2 aromatic carbocycles. The van der Waals surface area contributed by atoms with Gasteiger partial charge in [-0.15, -0.1) is 0 Å². The van der Waals surface area contributed by atoms with Crippen LogP contribution < -0.4 is 9.62 Å². The number of amides is 2. The lowest BCUT2D eigenvalue weighted by Gasteiger charge is -2.33. The molecule has 11 heteroatoms. The van der Waals surface area contributed by atoms with Gasteiger partial charge >= 0.3 is 0 Å². The van der Waals surface area contributed by atoms with Crippen molar-refractivity contribution >= 4 is 73.3 Å². The lowest BCUT2D eigenvalue weighted by molar-refractivity contribution is -0.140. The molecule has 0 saturated carbocycles. The van der Waals surface area contributed by atoms with Gasteiger partial charge in [0.15, 0.2) is 0 Å². The van der Waals surface area contributed by atoms with Crippen molar-refractivity contribution in [3.8, 4) is 0 Å². The Bertz CT molecular complexity index is 1110. The normalized spacial score (nSPS) is 12.4. The van der Waals surface area contributed by atoms with Gasteiger partial charge in [-0.25, -0.2) is 8.42 Å². The molecule has 0 radical (unpaired) electrons. The monoisotopic (exact) mass is 639 g/mol. The third kappa shape index (κ3) is 7.73. The molecule has 1 N–H and O–H groups in total. The van der Waals surface area contributed by atoms with Gasteiger partial charge in [0.1, 0.15) is 12.6 Å². The van der Waals surface area contributed by atoms with E-state index < -0.39 is 28.5 Å². The van der Waals surface area contributed by atoms with E-state index in [4.69, 9.17) is 23.2 Å². The summed E-state index contributed by atoms with van der Waals surface area (Å²) in [4.78, 5) is 27.9. The van der Waals surface area contributed by atoms with Crippen LogP contribution in [0.1, 0.15) is 32.8 Å². The van der Waals surface area contributed by atoms with Crippen LogP contribution in [0.2, 0.25) is 10.0 Å². The Balaban J connectivity index is 2.49. The van der Waals surface area contributed by atoms with Gasteiger partial charge < -0.3 is 10.2 Å². The Morgan fingerprint density at radius 1 is 1.06 bits per heavy atom. The first-order chi connectivity index (χ1) is 15.8. The van der Waals surface area contributed by atoms with E-state index in [1.54, 1.807) is 49.4 Å². The Kier molecular flexibility index (Phi) is 10.5. The smallest absolute Gasteiger partial charge is 0.244 e. The topological polar surface area (TPSA) is 86.8 Å². The SMILES string of the molecule is CC[C@H](C(=O)NC(C)C)N(Cc1c(Cl)cccc1Cl)C(=O)CN(c1ccc(I)cc1)S(C)(=O)=O. The highest BCUT2D eigenvalue weighted by molar-refractivity contribution is 14.1. The predicted molar refractivity (Wildman–Crippen MR) is 146 cm³/mol. The fraction of sp³-hybridized carbons (Fsp3) is 0.391. The van der Waals surface area contributed by atoms with Crippen LogP contribution in [0.25, 0.3) is 0 Å². The summed E-state index contributed by atoms with van der Waals surface area (Å²) in [6, 6.07) is 10.8. The van der Waals surface area contributed by atoms with Crippen molar-refractivity contribution in [1.29, 1.82) is 0 Å². The molecule has 2 amide bonds. The minimum atomic E-state index is -3.79.